The molecular formula is C13H7ClF5N3O2. The molecule has 0 saturated heterocycles. The molecule has 0 aliphatic heterocycles. The van der Waals surface area contributed by atoms with E-state index in [1.54, 1.807) is 0 Å². The average molecular weight is 368 g/mol. The Hall–Kier alpha value is -2.49. The van der Waals surface area contributed by atoms with Crippen LogP contribution in [0.1, 0.15) is 16.2 Å². The first kappa shape index (κ1) is 17.9. The van der Waals surface area contributed by atoms with Crippen LogP contribution in [0.2, 0.25) is 5.02 Å². The van der Waals surface area contributed by atoms with Crippen LogP contribution in [-0.2, 0) is 10.9 Å². The molecule has 0 radical (unpaired) electrons. The van der Waals surface area contributed by atoms with Gasteiger partial charge in [0.15, 0.2) is 11.5 Å². The van der Waals surface area contributed by atoms with E-state index in [1.807, 2.05) is 0 Å². The second kappa shape index (κ2) is 6.19. The predicted molar refractivity (Wildman–Crippen MR) is 73.1 cm³/mol. The SMILES string of the molecule is COC(=O)c1nc(-c2ccc(C(F)(F)F)nc2F)c(F)c(N)c1Cl. The molecule has 2 aromatic heterocycles. The molecule has 2 N–H and O–H groups in total. The standard InChI is InChI=1S/C13H7ClF5N3O2/c1-24-12(23)10-6(14)8(20)7(15)9(22-10)4-2-3-5(13(17,18)19)21-11(4)16/h2-3H,1H3,(H2,20,22). The average Bonchev–Trinajstić information content (AvgIpc) is 2.52. The van der Waals surface area contributed by atoms with E-state index < -0.39 is 57.3 Å². The van der Waals surface area contributed by atoms with Gasteiger partial charge in [-0.2, -0.15) is 17.6 Å². The monoisotopic (exact) mass is 367 g/mol. The van der Waals surface area contributed by atoms with Crippen molar-refractivity contribution in [3.63, 3.8) is 0 Å². The van der Waals surface area contributed by atoms with Crippen molar-refractivity contribution in [2.24, 2.45) is 0 Å². The molecule has 0 aliphatic carbocycles. The first-order valence-corrected chi connectivity index (χ1v) is 6.42. The Morgan fingerprint density at radius 3 is 2.38 bits per heavy atom. The predicted octanol–water partition coefficient (Wildman–Crippen LogP) is 3.46. The summed E-state index contributed by atoms with van der Waals surface area (Å²) in [5.41, 5.74) is 0.967. The molecule has 0 spiro atoms. The van der Waals surface area contributed by atoms with Crippen LogP contribution in [0.25, 0.3) is 11.3 Å². The van der Waals surface area contributed by atoms with Crippen LogP contribution in [0, 0.1) is 11.8 Å². The number of nitrogens with two attached hydrogens (primary N) is 1. The number of pyridine rings is 2. The highest BCUT2D eigenvalue weighted by Crippen LogP contribution is 2.35. The summed E-state index contributed by atoms with van der Waals surface area (Å²) in [7, 11) is 0.986. The van der Waals surface area contributed by atoms with Crippen LogP contribution in [0.5, 0.6) is 0 Å². The Kier molecular flexibility index (Phi) is 4.61. The third kappa shape index (κ3) is 3.09. The smallest absolute Gasteiger partial charge is 0.433 e. The number of carbonyl (C=O) groups is 1. The number of aromatic nitrogens is 2. The summed E-state index contributed by atoms with van der Waals surface area (Å²) in [5.74, 6) is -4.05. The molecule has 0 aliphatic rings. The van der Waals surface area contributed by atoms with Gasteiger partial charge in [0.2, 0.25) is 5.95 Å². The summed E-state index contributed by atoms with van der Waals surface area (Å²) < 4.78 is 69.9. The lowest BCUT2D eigenvalue weighted by atomic mass is 10.1. The summed E-state index contributed by atoms with van der Waals surface area (Å²) in [4.78, 5) is 17.8. The molecule has 2 aromatic rings. The fourth-order valence-corrected chi connectivity index (χ4v) is 1.94. The van der Waals surface area contributed by atoms with Gasteiger partial charge in [-0.3, -0.25) is 0 Å². The van der Waals surface area contributed by atoms with Crippen LogP contribution in [0.4, 0.5) is 27.6 Å². The Labute approximate surface area is 136 Å². The maximum absolute atomic E-state index is 14.2. The lowest BCUT2D eigenvalue weighted by molar-refractivity contribution is -0.141. The van der Waals surface area contributed by atoms with E-state index in [9.17, 15) is 26.7 Å². The molecule has 0 saturated carbocycles. The van der Waals surface area contributed by atoms with Crippen LogP contribution < -0.4 is 5.73 Å². The number of ether oxygens (including phenoxy) is 1. The molecule has 128 valence electrons. The molecule has 24 heavy (non-hydrogen) atoms. The number of rotatable bonds is 2. The van der Waals surface area contributed by atoms with E-state index in [0.717, 1.165) is 7.11 Å². The van der Waals surface area contributed by atoms with E-state index in [4.69, 9.17) is 17.3 Å². The zero-order valence-corrected chi connectivity index (χ0v) is 12.5. The van der Waals surface area contributed by atoms with Crippen molar-refractivity contribution in [2.75, 3.05) is 12.8 Å². The van der Waals surface area contributed by atoms with Crippen molar-refractivity contribution in [3.8, 4) is 11.3 Å². The van der Waals surface area contributed by atoms with Gasteiger partial charge in [-0.25, -0.2) is 19.2 Å². The van der Waals surface area contributed by atoms with E-state index in [2.05, 4.69) is 14.7 Å². The number of nitrogens with zero attached hydrogens (tertiary/aromatic N) is 2. The molecule has 0 atom stereocenters. The van der Waals surface area contributed by atoms with Crippen LogP contribution in [0.3, 0.4) is 0 Å². The van der Waals surface area contributed by atoms with Crippen LogP contribution >= 0.6 is 11.6 Å². The van der Waals surface area contributed by atoms with Crippen LogP contribution in [0.15, 0.2) is 12.1 Å². The van der Waals surface area contributed by atoms with Gasteiger partial charge in [0, 0.05) is 0 Å². The summed E-state index contributed by atoms with van der Waals surface area (Å²) in [6.07, 6.45) is -4.89. The van der Waals surface area contributed by atoms with Crippen molar-refractivity contribution in [2.45, 2.75) is 6.18 Å². The first-order chi connectivity index (χ1) is 11.1. The Morgan fingerprint density at radius 2 is 1.88 bits per heavy atom. The van der Waals surface area contributed by atoms with Gasteiger partial charge < -0.3 is 10.5 Å². The van der Waals surface area contributed by atoms with Crippen molar-refractivity contribution in [1.29, 1.82) is 0 Å². The number of hydrogen-bond donors (Lipinski definition) is 1. The molecule has 0 amide bonds. The highest BCUT2D eigenvalue weighted by atomic mass is 35.5. The van der Waals surface area contributed by atoms with Crippen molar-refractivity contribution in [3.05, 3.63) is 40.3 Å². The van der Waals surface area contributed by atoms with E-state index >= 15 is 0 Å². The van der Waals surface area contributed by atoms with E-state index in [0.29, 0.717) is 12.1 Å². The molecule has 11 heteroatoms. The normalized spacial score (nSPS) is 11.5. The fourth-order valence-electron chi connectivity index (χ4n) is 1.74. The molecule has 0 fully saturated rings. The zero-order valence-electron chi connectivity index (χ0n) is 11.7. The third-order valence-electron chi connectivity index (χ3n) is 2.89. The first-order valence-electron chi connectivity index (χ1n) is 6.04. The largest absolute Gasteiger partial charge is 0.464 e. The van der Waals surface area contributed by atoms with Gasteiger partial charge in [0.1, 0.15) is 11.4 Å². The van der Waals surface area contributed by atoms with Crippen molar-refractivity contribution in [1.82, 2.24) is 9.97 Å². The minimum Gasteiger partial charge on any atom is -0.464 e. The molecule has 2 rings (SSSR count). The van der Waals surface area contributed by atoms with Crippen LogP contribution in [-0.4, -0.2) is 23.0 Å². The number of nitrogen functional groups attached to an aromatic ring is 1. The fraction of sp³-hybridized carbons (Fsp3) is 0.154. The van der Waals surface area contributed by atoms with Gasteiger partial charge in [-0.05, 0) is 12.1 Å². The van der Waals surface area contributed by atoms with Gasteiger partial charge >= 0.3 is 12.1 Å². The Morgan fingerprint density at radius 1 is 1.25 bits per heavy atom. The van der Waals surface area contributed by atoms with Gasteiger partial charge in [-0.1, -0.05) is 11.6 Å². The minimum atomic E-state index is -4.89. The zero-order chi connectivity index (χ0) is 18.2. The molecule has 2 heterocycles. The van der Waals surface area contributed by atoms with Gasteiger partial charge in [0.05, 0.1) is 23.4 Å². The summed E-state index contributed by atoms with van der Waals surface area (Å²) in [6, 6.07) is 1.05. The summed E-state index contributed by atoms with van der Waals surface area (Å²) >= 11 is 5.67. The second-order valence-corrected chi connectivity index (χ2v) is 4.75. The number of anilines is 1. The quantitative estimate of drug-likeness (QED) is 0.499. The number of halogens is 6. The molecule has 0 aromatic carbocycles. The number of hydrogen-bond acceptors (Lipinski definition) is 5. The Balaban J connectivity index is 2.69. The minimum absolute atomic E-state index is 0.433. The molecular weight excluding hydrogens is 361 g/mol. The van der Waals surface area contributed by atoms with Gasteiger partial charge in [0.25, 0.3) is 0 Å². The lowest BCUT2D eigenvalue weighted by Crippen LogP contribution is -2.12. The lowest BCUT2D eigenvalue weighted by Gasteiger charge is -2.12. The maximum atomic E-state index is 14.2. The summed E-state index contributed by atoms with van der Waals surface area (Å²) in [5, 5.41) is -0.566. The number of carbonyl (C=O) groups excluding carboxylic acids is 1. The van der Waals surface area contributed by atoms with E-state index in [1.165, 1.54) is 0 Å². The second-order valence-electron chi connectivity index (χ2n) is 4.37. The third-order valence-corrected chi connectivity index (χ3v) is 3.27. The Bertz CT molecular complexity index is 826. The number of methoxy groups -OCH3 is 1. The van der Waals surface area contributed by atoms with Gasteiger partial charge in [-0.15, -0.1) is 0 Å². The number of alkyl halides is 3. The topological polar surface area (TPSA) is 78.1 Å². The molecule has 0 unspecified atom stereocenters. The highest BCUT2D eigenvalue weighted by Gasteiger charge is 2.34. The van der Waals surface area contributed by atoms with Crippen molar-refractivity contribution >= 4 is 23.3 Å². The maximum Gasteiger partial charge on any atom is 0.433 e. The van der Waals surface area contributed by atoms with Crippen molar-refractivity contribution < 1.29 is 31.5 Å². The number of esters is 1. The molecule has 0 bridgehead atoms. The van der Waals surface area contributed by atoms with E-state index in [-0.39, 0.29) is 0 Å². The highest BCUT2D eigenvalue weighted by molar-refractivity contribution is 6.35. The summed E-state index contributed by atoms with van der Waals surface area (Å²) in [6.45, 7) is 0. The molecule has 5 nitrogen and oxygen atoms in total.